The second-order valence-electron chi connectivity index (χ2n) is 5.87. The normalized spacial score (nSPS) is 28.2. The summed E-state index contributed by atoms with van der Waals surface area (Å²) in [7, 11) is 0. The van der Waals surface area contributed by atoms with E-state index in [4.69, 9.17) is 20.7 Å². The first-order valence-corrected chi connectivity index (χ1v) is 7.90. The first-order valence-electron chi connectivity index (χ1n) is 7.90. The molecule has 26 heavy (non-hydrogen) atoms. The number of nitrogens with two attached hydrogens (primary N) is 1. The molecular formula is C14H23N5O7. The van der Waals surface area contributed by atoms with Gasteiger partial charge in [-0.2, -0.15) is 4.98 Å². The van der Waals surface area contributed by atoms with Crippen molar-refractivity contribution in [2.24, 2.45) is 0 Å². The lowest BCUT2D eigenvalue weighted by Gasteiger charge is -2.29. The molecule has 0 amide bonds. The molecule has 1 aliphatic heterocycles. The second-order valence-corrected chi connectivity index (χ2v) is 5.87. The smallest absolute Gasteiger partial charge is 0.280 e. The first kappa shape index (κ1) is 20.2. The van der Waals surface area contributed by atoms with Crippen LogP contribution >= 0.6 is 0 Å². The van der Waals surface area contributed by atoms with Gasteiger partial charge in [-0.25, -0.2) is 4.98 Å². The number of ether oxygens (including phenoxy) is 1. The van der Waals surface area contributed by atoms with Crippen LogP contribution in [0, 0.1) is 0 Å². The average Bonchev–Trinajstić information content (AvgIpc) is 3.12. The van der Waals surface area contributed by atoms with Gasteiger partial charge in [-0.3, -0.25) is 14.3 Å². The summed E-state index contributed by atoms with van der Waals surface area (Å²) in [5.74, 6) is -0.107. The Morgan fingerprint density at radius 3 is 2.50 bits per heavy atom. The van der Waals surface area contributed by atoms with Gasteiger partial charge in [-0.1, -0.05) is 0 Å². The molecule has 12 heteroatoms. The number of aromatic nitrogens is 4. The molecule has 3 rings (SSSR count). The first-order chi connectivity index (χ1) is 12.3. The van der Waals surface area contributed by atoms with E-state index in [0.29, 0.717) is 6.42 Å². The van der Waals surface area contributed by atoms with Crippen LogP contribution in [-0.2, 0) is 10.5 Å². The summed E-state index contributed by atoms with van der Waals surface area (Å²) >= 11 is 0. The molecule has 4 atom stereocenters. The van der Waals surface area contributed by atoms with Gasteiger partial charge in [0.2, 0.25) is 5.95 Å². The van der Waals surface area contributed by atoms with Crippen LogP contribution in [0.5, 0.6) is 0 Å². The van der Waals surface area contributed by atoms with Crippen LogP contribution in [0.2, 0.25) is 0 Å². The summed E-state index contributed by atoms with van der Waals surface area (Å²) in [6.45, 7) is 1.22. The number of aliphatic hydroxyl groups excluding tert-OH is 5. The van der Waals surface area contributed by atoms with Crippen molar-refractivity contribution in [2.75, 3.05) is 25.6 Å². The Hall–Kier alpha value is -2.09. The van der Waals surface area contributed by atoms with E-state index in [-0.39, 0.29) is 30.3 Å². The van der Waals surface area contributed by atoms with Crippen molar-refractivity contribution in [1.82, 2.24) is 19.5 Å². The Labute approximate surface area is 147 Å². The number of aromatic amines is 1. The van der Waals surface area contributed by atoms with Crippen molar-refractivity contribution in [2.45, 2.75) is 37.4 Å². The highest BCUT2D eigenvalue weighted by Crippen LogP contribution is 2.36. The summed E-state index contributed by atoms with van der Waals surface area (Å²) in [5.41, 5.74) is 3.70. The molecule has 0 aromatic carbocycles. The zero-order valence-corrected chi connectivity index (χ0v) is 14.1. The van der Waals surface area contributed by atoms with Crippen molar-refractivity contribution in [3.8, 4) is 0 Å². The van der Waals surface area contributed by atoms with Gasteiger partial charge in [0, 0.05) is 13.2 Å². The van der Waals surface area contributed by atoms with Gasteiger partial charge in [-0.15, -0.1) is 0 Å². The number of nitrogen functional groups attached to an aromatic ring is 1. The molecule has 1 aliphatic rings. The minimum Gasteiger partial charge on any atom is -0.396 e. The van der Waals surface area contributed by atoms with E-state index in [2.05, 4.69) is 15.0 Å². The Bertz CT molecular complexity index is 792. The quantitative estimate of drug-likeness (QED) is 0.287. The Kier molecular flexibility index (Phi) is 6.28. The lowest BCUT2D eigenvalue weighted by Crippen LogP contribution is -2.43. The molecule has 3 heterocycles. The maximum Gasteiger partial charge on any atom is 0.280 e. The lowest BCUT2D eigenvalue weighted by atomic mass is 10.0. The van der Waals surface area contributed by atoms with E-state index in [9.17, 15) is 20.1 Å². The van der Waals surface area contributed by atoms with Gasteiger partial charge in [0.15, 0.2) is 16.9 Å². The van der Waals surface area contributed by atoms with E-state index in [1.165, 1.54) is 17.8 Å². The third-order valence-corrected chi connectivity index (χ3v) is 4.04. The standard InChI is InChI=1S/C11H15N5O5.C3H8O2/c1-11(7(19)6(18)4(2-17)21-11)16-3-13-5-8(16)14-10(12)15-9(5)20;4-2-1-3-5/h3-4,6-7,17-19H,2H2,1H3,(H3,12,14,15,20);4-5H,1-3H2/t4-,6-,7-,11-;/m1./s1. The number of nitrogens with one attached hydrogen (secondary N) is 1. The van der Waals surface area contributed by atoms with Crippen LogP contribution in [0.15, 0.2) is 11.1 Å². The third-order valence-electron chi connectivity index (χ3n) is 4.04. The number of H-pyrrole nitrogens is 1. The number of anilines is 1. The summed E-state index contributed by atoms with van der Waals surface area (Å²) in [6, 6.07) is 0. The molecule has 12 nitrogen and oxygen atoms in total. The molecule has 0 radical (unpaired) electrons. The van der Waals surface area contributed by atoms with E-state index in [1.807, 2.05) is 0 Å². The molecule has 0 saturated carbocycles. The topological polar surface area (TPSA) is 200 Å². The van der Waals surface area contributed by atoms with E-state index < -0.39 is 36.2 Å². The highest BCUT2D eigenvalue weighted by Gasteiger charge is 2.52. The number of imidazole rings is 1. The SMILES string of the molecule is C[C@@]1(n2cnc3c(=O)[nH]c(N)nc32)O[C@H](CO)[C@@H](O)[C@H]1O.OCCCO. The van der Waals surface area contributed by atoms with Gasteiger partial charge in [0.25, 0.3) is 5.56 Å². The van der Waals surface area contributed by atoms with Crippen LogP contribution in [0.25, 0.3) is 11.2 Å². The van der Waals surface area contributed by atoms with E-state index in [1.54, 1.807) is 0 Å². The van der Waals surface area contributed by atoms with E-state index >= 15 is 0 Å². The molecule has 0 spiro atoms. The second kappa shape index (κ2) is 8.07. The number of hydrogen-bond acceptors (Lipinski definition) is 10. The van der Waals surface area contributed by atoms with Crippen molar-refractivity contribution in [1.29, 1.82) is 0 Å². The molecule has 1 saturated heterocycles. The number of nitrogens with zero attached hydrogens (tertiary/aromatic N) is 3. The molecule has 0 unspecified atom stereocenters. The van der Waals surface area contributed by atoms with Gasteiger partial charge < -0.3 is 36.0 Å². The molecule has 146 valence electrons. The minimum atomic E-state index is -1.44. The number of rotatable bonds is 4. The summed E-state index contributed by atoms with van der Waals surface area (Å²) in [4.78, 5) is 22.0. The molecule has 0 bridgehead atoms. The van der Waals surface area contributed by atoms with Crippen LogP contribution < -0.4 is 11.3 Å². The number of aliphatic hydroxyl groups is 5. The molecule has 2 aromatic heterocycles. The minimum absolute atomic E-state index is 0.0307. The van der Waals surface area contributed by atoms with Crippen molar-refractivity contribution >= 4 is 17.1 Å². The van der Waals surface area contributed by atoms with Gasteiger partial charge in [0.05, 0.1) is 12.9 Å². The largest absolute Gasteiger partial charge is 0.396 e. The maximum atomic E-state index is 11.8. The van der Waals surface area contributed by atoms with Crippen molar-refractivity contribution in [3.63, 3.8) is 0 Å². The predicted octanol–water partition coefficient (Wildman–Crippen LogP) is -3.15. The summed E-state index contributed by atoms with van der Waals surface area (Å²) < 4.78 is 6.85. The Balaban J connectivity index is 0.000000431. The molecule has 1 fully saturated rings. The summed E-state index contributed by atoms with van der Waals surface area (Å²) in [6.07, 6.45) is -1.81. The third kappa shape index (κ3) is 3.56. The highest BCUT2D eigenvalue weighted by molar-refractivity contribution is 5.70. The fourth-order valence-electron chi connectivity index (χ4n) is 2.63. The van der Waals surface area contributed by atoms with E-state index in [0.717, 1.165) is 0 Å². The highest BCUT2D eigenvalue weighted by atomic mass is 16.6. The zero-order chi connectivity index (χ0) is 19.5. The number of fused-ring (bicyclic) bond motifs is 1. The molecule has 8 N–H and O–H groups in total. The zero-order valence-electron chi connectivity index (χ0n) is 14.1. The van der Waals surface area contributed by atoms with Crippen LogP contribution in [0.1, 0.15) is 13.3 Å². The fraction of sp³-hybridized carbons (Fsp3) is 0.643. The Morgan fingerprint density at radius 1 is 1.35 bits per heavy atom. The molecule has 0 aliphatic carbocycles. The molecular weight excluding hydrogens is 350 g/mol. The lowest BCUT2D eigenvalue weighted by molar-refractivity contribution is -0.132. The van der Waals surface area contributed by atoms with Crippen LogP contribution in [0.4, 0.5) is 5.95 Å². The van der Waals surface area contributed by atoms with Crippen LogP contribution in [0.3, 0.4) is 0 Å². The average molecular weight is 373 g/mol. The van der Waals surface area contributed by atoms with Crippen molar-refractivity contribution in [3.05, 3.63) is 16.7 Å². The Morgan fingerprint density at radius 2 is 2.00 bits per heavy atom. The fourth-order valence-corrected chi connectivity index (χ4v) is 2.63. The predicted molar refractivity (Wildman–Crippen MR) is 89.0 cm³/mol. The van der Waals surface area contributed by atoms with Gasteiger partial charge >= 0.3 is 0 Å². The van der Waals surface area contributed by atoms with Gasteiger partial charge in [-0.05, 0) is 13.3 Å². The van der Waals surface area contributed by atoms with Crippen molar-refractivity contribution < 1.29 is 30.3 Å². The number of hydrogen-bond donors (Lipinski definition) is 7. The monoisotopic (exact) mass is 373 g/mol. The van der Waals surface area contributed by atoms with Gasteiger partial charge in [0.1, 0.15) is 18.3 Å². The maximum absolute atomic E-state index is 11.8. The summed E-state index contributed by atoms with van der Waals surface area (Å²) in [5, 5.41) is 45.1. The van der Waals surface area contributed by atoms with Crippen LogP contribution in [-0.4, -0.2) is 83.2 Å². The molecule has 2 aromatic rings.